The molecule has 2 rings (SSSR count). The third-order valence-electron chi connectivity index (χ3n) is 2.72. The molecule has 1 aliphatic heterocycles. The Balaban J connectivity index is 2.25. The van der Waals surface area contributed by atoms with Gasteiger partial charge in [-0.25, -0.2) is 0 Å². The predicted octanol–water partition coefficient (Wildman–Crippen LogP) is 4.24. The Morgan fingerprint density at radius 1 is 1.44 bits per heavy atom. The molecule has 0 aromatic carbocycles. The monoisotopic (exact) mass is 301 g/mol. The third kappa shape index (κ3) is 2.63. The van der Waals surface area contributed by atoms with Gasteiger partial charge in [-0.05, 0) is 43.3 Å². The van der Waals surface area contributed by atoms with Crippen LogP contribution in [0.5, 0.6) is 0 Å². The third-order valence-corrected chi connectivity index (χ3v) is 4.78. The lowest BCUT2D eigenvalue weighted by Gasteiger charge is -2.19. The highest BCUT2D eigenvalue weighted by atomic mass is 35.5. The Morgan fingerprint density at radius 3 is 2.72 bits per heavy atom. The number of halogens is 1. The van der Waals surface area contributed by atoms with Gasteiger partial charge in [-0.1, -0.05) is 18.5 Å². The highest BCUT2D eigenvalue weighted by Crippen LogP contribution is 2.35. The van der Waals surface area contributed by atoms with Gasteiger partial charge in [0, 0.05) is 10.9 Å². The highest BCUT2D eigenvalue weighted by Gasteiger charge is 2.37. The first-order valence-electron chi connectivity index (χ1n) is 5.55. The van der Waals surface area contributed by atoms with Crippen molar-refractivity contribution in [1.29, 1.82) is 0 Å². The second kappa shape index (κ2) is 5.47. The summed E-state index contributed by atoms with van der Waals surface area (Å²) < 4.78 is 0.669. The molecule has 0 saturated carbocycles. The first-order chi connectivity index (χ1) is 8.52. The van der Waals surface area contributed by atoms with Crippen LogP contribution in [0.3, 0.4) is 0 Å². The van der Waals surface area contributed by atoms with Gasteiger partial charge in [-0.3, -0.25) is 14.5 Å². The van der Waals surface area contributed by atoms with E-state index in [1.54, 1.807) is 12.1 Å². The normalized spacial score (nSPS) is 19.9. The number of thioether (sulfide) groups is 1. The number of hydrogen-bond acceptors (Lipinski definition) is 4. The van der Waals surface area contributed by atoms with Gasteiger partial charge in [0.1, 0.15) is 0 Å². The minimum atomic E-state index is -0.205. The van der Waals surface area contributed by atoms with E-state index < -0.39 is 0 Å². The molecule has 18 heavy (non-hydrogen) atoms. The molecule has 0 aliphatic carbocycles. The molecule has 1 aromatic heterocycles. The molecule has 2 heterocycles. The molecule has 1 fully saturated rings. The van der Waals surface area contributed by atoms with Crippen molar-refractivity contribution in [1.82, 2.24) is 4.90 Å². The average molecular weight is 302 g/mol. The van der Waals surface area contributed by atoms with Crippen molar-refractivity contribution >= 4 is 51.9 Å². The van der Waals surface area contributed by atoms with Crippen LogP contribution in [0.4, 0.5) is 4.79 Å². The van der Waals surface area contributed by atoms with Crippen LogP contribution in [-0.4, -0.2) is 22.1 Å². The van der Waals surface area contributed by atoms with E-state index in [9.17, 15) is 9.59 Å². The first-order valence-corrected chi connectivity index (χ1v) is 7.56. The highest BCUT2D eigenvalue weighted by molar-refractivity contribution is 8.18. The van der Waals surface area contributed by atoms with E-state index in [1.807, 2.05) is 19.9 Å². The van der Waals surface area contributed by atoms with E-state index in [-0.39, 0.29) is 17.2 Å². The summed E-state index contributed by atoms with van der Waals surface area (Å²) in [6.45, 7) is 3.83. The summed E-state index contributed by atoms with van der Waals surface area (Å²) >= 11 is 8.21. The van der Waals surface area contributed by atoms with Gasteiger partial charge >= 0.3 is 0 Å². The topological polar surface area (TPSA) is 37.4 Å². The van der Waals surface area contributed by atoms with Gasteiger partial charge in [-0.15, -0.1) is 11.3 Å². The van der Waals surface area contributed by atoms with Crippen molar-refractivity contribution in [2.24, 2.45) is 0 Å². The smallest absolute Gasteiger partial charge is 0.268 e. The quantitative estimate of drug-likeness (QED) is 0.784. The second-order valence-corrected chi connectivity index (χ2v) is 6.69. The Morgan fingerprint density at radius 2 is 2.17 bits per heavy atom. The van der Waals surface area contributed by atoms with Gasteiger partial charge in [0.25, 0.3) is 11.1 Å². The largest absolute Gasteiger partial charge is 0.293 e. The summed E-state index contributed by atoms with van der Waals surface area (Å²) in [4.78, 5) is 26.6. The standard InChI is InChI=1S/C12H12ClNO2S2/c1-3-7(2)14-11(15)9(18-12(14)16)6-8-4-5-10(13)17-8/h4-7H,3H2,1-2H3/b9-6-/t7-/m1/s1. The summed E-state index contributed by atoms with van der Waals surface area (Å²) in [6, 6.07) is 3.55. The van der Waals surface area contributed by atoms with Crippen molar-refractivity contribution in [3.8, 4) is 0 Å². The summed E-state index contributed by atoms with van der Waals surface area (Å²) in [5, 5.41) is -0.191. The van der Waals surface area contributed by atoms with Crippen molar-refractivity contribution < 1.29 is 9.59 Å². The molecule has 1 aromatic rings. The van der Waals surface area contributed by atoms with Gasteiger partial charge in [0.15, 0.2) is 0 Å². The minimum absolute atomic E-state index is 0.0599. The van der Waals surface area contributed by atoms with Crippen LogP contribution in [0.15, 0.2) is 17.0 Å². The van der Waals surface area contributed by atoms with Crippen LogP contribution >= 0.6 is 34.7 Å². The molecule has 0 spiro atoms. The summed E-state index contributed by atoms with van der Waals surface area (Å²) in [5.41, 5.74) is 0. The lowest BCUT2D eigenvalue weighted by molar-refractivity contribution is -0.124. The molecule has 0 radical (unpaired) electrons. The Kier molecular flexibility index (Phi) is 4.14. The molecule has 1 aliphatic rings. The summed E-state index contributed by atoms with van der Waals surface area (Å²) in [6.07, 6.45) is 2.49. The number of rotatable bonds is 3. The van der Waals surface area contributed by atoms with Gasteiger partial charge in [0.2, 0.25) is 0 Å². The van der Waals surface area contributed by atoms with Gasteiger partial charge in [-0.2, -0.15) is 0 Å². The first kappa shape index (κ1) is 13.6. The Labute approximate surface area is 119 Å². The zero-order valence-electron chi connectivity index (χ0n) is 9.97. The molecule has 0 unspecified atom stereocenters. The number of nitrogens with zero attached hydrogens (tertiary/aromatic N) is 1. The molecule has 1 saturated heterocycles. The average Bonchev–Trinajstić information content (AvgIpc) is 2.84. The number of carbonyl (C=O) groups excluding carboxylic acids is 2. The summed E-state index contributed by atoms with van der Waals surface area (Å²) in [7, 11) is 0. The van der Waals surface area contributed by atoms with Crippen molar-refractivity contribution in [2.45, 2.75) is 26.3 Å². The lowest BCUT2D eigenvalue weighted by atomic mass is 10.2. The molecule has 3 nitrogen and oxygen atoms in total. The fourth-order valence-corrected chi connectivity index (χ4v) is 3.58. The van der Waals surface area contributed by atoms with E-state index in [1.165, 1.54) is 16.2 Å². The maximum Gasteiger partial charge on any atom is 0.293 e. The Bertz CT molecular complexity index is 524. The van der Waals surface area contributed by atoms with Crippen LogP contribution in [0, 0.1) is 0 Å². The van der Waals surface area contributed by atoms with E-state index in [0.717, 1.165) is 23.1 Å². The van der Waals surface area contributed by atoms with E-state index in [4.69, 9.17) is 11.6 Å². The lowest BCUT2D eigenvalue weighted by Crippen LogP contribution is -2.36. The number of imide groups is 1. The van der Waals surface area contributed by atoms with Crippen molar-refractivity contribution in [2.75, 3.05) is 0 Å². The number of thiophene rings is 1. The maximum absolute atomic E-state index is 12.1. The van der Waals surface area contributed by atoms with Crippen molar-refractivity contribution in [3.05, 3.63) is 26.3 Å². The van der Waals surface area contributed by atoms with Crippen molar-refractivity contribution in [3.63, 3.8) is 0 Å². The molecular formula is C12H12ClNO2S2. The molecular weight excluding hydrogens is 290 g/mol. The van der Waals surface area contributed by atoms with Crippen LogP contribution in [0.25, 0.3) is 6.08 Å². The summed E-state index contributed by atoms with van der Waals surface area (Å²) in [5.74, 6) is -0.205. The van der Waals surface area contributed by atoms with Gasteiger partial charge in [0.05, 0.1) is 9.24 Å². The number of carbonyl (C=O) groups is 2. The van der Waals surface area contributed by atoms with E-state index in [0.29, 0.717) is 9.24 Å². The number of amides is 2. The number of hydrogen-bond donors (Lipinski definition) is 0. The van der Waals surface area contributed by atoms with E-state index in [2.05, 4.69) is 0 Å². The maximum atomic E-state index is 12.1. The fourth-order valence-electron chi connectivity index (χ4n) is 1.58. The van der Waals surface area contributed by atoms with Gasteiger partial charge < -0.3 is 0 Å². The SMILES string of the molecule is CC[C@@H](C)N1C(=O)S/C(=C\c2ccc(Cl)s2)C1=O. The fraction of sp³-hybridized carbons (Fsp3) is 0.333. The predicted molar refractivity (Wildman–Crippen MR) is 76.9 cm³/mol. The molecule has 0 bridgehead atoms. The zero-order valence-corrected chi connectivity index (χ0v) is 12.4. The van der Waals surface area contributed by atoms with Crippen LogP contribution in [0.2, 0.25) is 4.34 Å². The molecule has 6 heteroatoms. The minimum Gasteiger partial charge on any atom is -0.268 e. The van der Waals surface area contributed by atoms with Crippen LogP contribution in [0.1, 0.15) is 25.1 Å². The van der Waals surface area contributed by atoms with Crippen LogP contribution < -0.4 is 0 Å². The van der Waals surface area contributed by atoms with Crippen LogP contribution in [-0.2, 0) is 4.79 Å². The Hall–Kier alpha value is -0.780. The second-order valence-electron chi connectivity index (χ2n) is 3.95. The molecule has 1 atom stereocenters. The molecule has 0 N–H and O–H groups in total. The zero-order chi connectivity index (χ0) is 13.3. The molecule has 96 valence electrons. The van der Waals surface area contributed by atoms with E-state index >= 15 is 0 Å². The molecule has 2 amide bonds.